The van der Waals surface area contributed by atoms with E-state index in [2.05, 4.69) is 115 Å². The Morgan fingerprint density at radius 1 is 0.800 bits per heavy atom. The van der Waals surface area contributed by atoms with Crippen LogP contribution in [0.5, 0.6) is 0 Å². The molecule has 4 atom stereocenters. The summed E-state index contributed by atoms with van der Waals surface area (Å²) in [5.41, 5.74) is 1.06. The largest absolute Gasteiger partial charge is 0.413 e. The van der Waals surface area contributed by atoms with Crippen LogP contribution < -0.4 is 10.4 Å². The molecule has 0 saturated carbocycles. The quantitative estimate of drug-likeness (QED) is 0.204. The molecule has 4 rings (SSSR count). The summed E-state index contributed by atoms with van der Waals surface area (Å²) in [5.74, 6) is -1.72. The van der Waals surface area contributed by atoms with Crippen LogP contribution in [0.3, 0.4) is 0 Å². The van der Waals surface area contributed by atoms with Crippen molar-refractivity contribution in [3.05, 3.63) is 96.6 Å². The Labute approximate surface area is 274 Å². The van der Waals surface area contributed by atoms with Crippen molar-refractivity contribution in [1.82, 2.24) is 0 Å². The summed E-state index contributed by atoms with van der Waals surface area (Å²) in [6, 6.07) is 31.5. The van der Waals surface area contributed by atoms with E-state index in [-0.39, 0.29) is 34.8 Å². The summed E-state index contributed by atoms with van der Waals surface area (Å²) in [6.45, 7) is 21.3. The standard InChI is InChI=1S/C38H56O5Si2/c1-30-35(43-44(8,9)36(2,3)4)27-32(42-38(30,39)29-40-28-31-19-13-10-14-20-31)25-26-41-45(37(5,6)7,33-21-15-11-16-22-33)34-23-17-12-18-24-34/h10-24,30,32,35,39H,25-29H2,1-9H3/t30-,32+,35+,38?/m0/s1. The highest BCUT2D eigenvalue weighted by Crippen LogP contribution is 2.43. The maximum absolute atomic E-state index is 12.1. The van der Waals surface area contributed by atoms with Gasteiger partial charge in [0.1, 0.15) is 6.61 Å². The second-order valence-corrected chi connectivity index (χ2v) is 24.4. The first-order chi connectivity index (χ1) is 21.1. The van der Waals surface area contributed by atoms with Gasteiger partial charge < -0.3 is 23.4 Å². The van der Waals surface area contributed by atoms with Crippen molar-refractivity contribution in [3.8, 4) is 0 Å². The molecule has 1 aliphatic heterocycles. The lowest BCUT2D eigenvalue weighted by Gasteiger charge is -2.50. The number of rotatable bonds is 12. The molecule has 0 bridgehead atoms. The summed E-state index contributed by atoms with van der Waals surface area (Å²) in [7, 11) is -4.80. The van der Waals surface area contributed by atoms with Gasteiger partial charge in [-0.3, -0.25) is 0 Å². The summed E-state index contributed by atoms with van der Waals surface area (Å²) >= 11 is 0. The third-order valence-electron chi connectivity index (χ3n) is 9.98. The minimum absolute atomic E-state index is 0.0504. The van der Waals surface area contributed by atoms with Crippen LogP contribution in [0.15, 0.2) is 91.0 Å². The average Bonchev–Trinajstić information content (AvgIpc) is 2.98. The molecule has 0 aromatic heterocycles. The Kier molecular flexibility index (Phi) is 11.4. The highest BCUT2D eigenvalue weighted by atomic mass is 28.4. The Bertz CT molecular complexity index is 1280. The summed E-state index contributed by atoms with van der Waals surface area (Å²) in [6.07, 6.45) is 0.969. The van der Waals surface area contributed by atoms with Crippen molar-refractivity contribution in [2.75, 3.05) is 13.2 Å². The van der Waals surface area contributed by atoms with E-state index in [0.717, 1.165) is 5.56 Å². The average molecular weight is 649 g/mol. The smallest absolute Gasteiger partial charge is 0.261 e. The van der Waals surface area contributed by atoms with Gasteiger partial charge in [0.05, 0.1) is 18.8 Å². The number of hydrogen-bond donors (Lipinski definition) is 1. The van der Waals surface area contributed by atoms with E-state index in [1.54, 1.807) is 0 Å². The lowest BCUT2D eigenvalue weighted by Crippen LogP contribution is -2.66. The molecule has 1 saturated heterocycles. The molecule has 3 aromatic carbocycles. The van der Waals surface area contributed by atoms with E-state index in [1.165, 1.54) is 10.4 Å². The fourth-order valence-corrected chi connectivity index (χ4v) is 12.2. The number of benzene rings is 3. The maximum atomic E-state index is 12.1. The molecule has 0 spiro atoms. The van der Waals surface area contributed by atoms with Crippen molar-refractivity contribution in [1.29, 1.82) is 0 Å². The molecule has 7 heteroatoms. The maximum Gasteiger partial charge on any atom is 0.261 e. The second kappa shape index (κ2) is 14.3. The monoisotopic (exact) mass is 648 g/mol. The molecule has 1 N–H and O–H groups in total. The molecule has 1 aliphatic rings. The second-order valence-electron chi connectivity index (χ2n) is 15.3. The fraction of sp³-hybridized carbons (Fsp3) is 0.526. The third kappa shape index (κ3) is 8.25. The van der Waals surface area contributed by atoms with Gasteiger partial charge in [-0.25, -0.2) is 0 Å². The Morgan fingerprint density at radius 3 is 1.80 bits per heavy atom. The fourth-order valence-electron chi connectivity index (χ4n) is 6.24. The molecular formula is C38H56O5Si2. The van der Waals surface area contributed by atoms with Gasteiger partial charge >= 0.3 is 0 Å². The van der Waals surface area contributed by atoms with E-state index >= 15 is 0 Å². The molecule has 3 aromatic rings. The van der Waals surface area contributed by atoms with Gasteiger partial charge in [-0.05, 0) is 51.9 Å². The van der Waals surface area contributed by atoms with Crippen LogP contribution in [0, 0.1) is 5.92 Å². The number of hydrogen-bond acceptors (Lipinski definition) is 5. The predicted octanol–water partition coefficient (Wildman–Crippen LogP) is 7.67. The van der Waals surface area contributed by atoms with E-state index in [4.69, 9.17) is 18.3 Å². The first-order valence-electron chi connectivity index (χ1n) is 16.5. The van der Waals surface area contributed by atoms with E-state index in [0.29, 0.717) is 26.1 Å². The molecule has 0 amide bonds. The summed E-state index contributed by atoms with van der Waals surface area (Å²) in [4.78, 5) is 0. The molecule has 0 aliphatic carbocycles. The van der Waals surface area contributed by atoms with Crippen LogP contribution in [0.4, 0.5) is 0 Å². The van der Waals surface area contributed by atoms with Gasteiger partial charge in [-0.2, -0.15) is 0 Å². The third-order valence-corrected chi connectivity index (χ3v) is 19.5. The highest BCUT2D eigenvalue weighted by Gasteiger charge is 2.52. The van der Waals surface area contributed by atoms with E-state index < -0.39 is 22.4 Å². The van der Waals surface area contributed by atoms with Crippen LogP contribution in [0.2, 0.25) is 23.2 Å². The van der Waals surface area contributed by atoms with Crippen LogP contribution in [0.25, 0.3) is 0 Å². The summed E-state index contributed by atoms with van der Waals surface area (Å²) < 4.78 is 26.9. The van der Waals surface area contributed by atoms with E-state index in [1.807, 2.05) is 37.3 Å². The zero-order valence-corrected chi connectivity index (χ0v) is 31.0. The minimum atomic E-state index is -2.69. The zero-order chi connectivity index (χ0) is 32.9. The molecule has 1 unspecified atom stereocenters. The van der Waals surface area contributed by atoms with Crippen LogP contribution in [-0.4, -0.2) is 53.0 Å². The molecule has 5 nitrogen and oxygen atoms in total. The van der Waals surface area contributed by atoms with Gasteiger partial charge in [0.15, 0.2) is 14.1 Å². The Hall–Kier alpha value is -2.11. The number of aliphatic hydroxyl groups is 1. The minimum Gasteiger partial charge on any atom is -0.413 e. The van der Waals surface area contributed by atoms with Crippen molar-refractivity contribution >= 4 is 27.0 Å². The topological polar surface area (TPSA) is 57.2 Å². The van der Waals surface area contributed by atoms with Crippen molar-refractivity contribution in [2.24, 2.45) is 5.92 Å². The van der Waals surface area contributed by atoms with Crippen LogP contribution in [-0.2, 0) is 24.9 Å². The Morgan fingerprint density at radius 2 is 1.31 bits per heavy atom. The zero-order valence-electron chi connectivity index (χ0n) is 29.0. The first-order valence-corrected chi connectivity index (χ1v) is 21.4. The van der Waals surface area contributed by atoms with Gasteiger partial charge in [-0.15, -0.1) is 0 Å². The van der Waals surface area contributed by atoms with Gasteiger partial charge in [0.25, 0.3) is 8.32 Å². The predicted molar refractivity (Wildman–Crippen MR) is 190 cm³/mol. The van der Waals surface area contributed by atoms with Crippen LogP contribution >= 0.6 is 0 Å². The van der Waals surface area contributed by atoms with Gasteiger partial charge in [-0.1, -0.05) is 139 Å². The molecule has 45 heavy (non-hydrogen) atoms. The molecule has 246 valence electrons. The van der Waals surface area contributed by atoms with Crippen molar-refractivity contribution < 1.29 is 23.4 Å². The lowest BCUT2D eigenvalue weighted by atomic mass is 9.87. The van der Waals surface area contributed by atoms with Crippen molar-refractivity contribution in [3.63, 3.8) is 0 Å². The molecule has 1 heterocycles. The van der Waals surface area contributed by atoms with Gasteiger partial charge in [0, 0.05) is 12.5 Å². The van der Waals surface area contributed by atoms with Crippen LogP contribution in [0.1, 0.15) is 66.9 Å². The van der Waals surface area contributed by atoms with Crippen molar-refractivity contribution in [2.45, 2.75) is 109 Å². The van der Waals surface area contributed by atoms with Gasteiger partial charge in [0.2, 0.25) is 0 Å². The first kappa shape index (κ1) is 35.7. The SMILES string of the molecule is C[C@H]1[C@H](O[Si](C)(C)C(C)(C)C)C[C@@H](CCO[Si](c2ccccc2)(c2ccccc2)C(C)(C)C)OC1(O)COCc1ccccc1. The van der Waals surface area contributed by atoms with E-state index in [9.17, 15) is 5.11 Å². The molecular weight excluding hydrogens is 593 g/mol. The molecule has 0 radical (unpaired) electrons. The summed E-state index contributed by atoms with van der Waals surface area (Å²) in [5, 5.41) is 14.5. The highest BCUT2D eigenvalue weighted by molar-refractivity contribution is 6.99. The molecule has 1 fully saturated rings. The number of ether oxygens (including phenoxy) is 2. The Balaban J connectivity index is 1.58. The lowest BCUT2D eigenvalue weighted by molar-refractivity contribution is -0.319. The normalized spacial score (nSPS) is 23.2.